The third-order valence-electron chi connectivity index (χ3n) is 2.17. The summed E-state index contributed by atoms with van der Waals surface area (Å²) in [5.41, 5.74) is -0.184. The lowest BCUT2D eigenvalue weighted by atomic mass is 10.3. The van der Waals surface area contributed by atoms with E-state index in [9.17, 15) is 13.6 Å². The van der Waals surface area contributed by atoms with E-state index in [0.29, 0.717) is 10.3 Å². The summed E-state index contributed by atoms with van der Waals surface area (Å²) in [4.78, 5) is 14.6. The van der Waals surface area contributed by atoms with Crippen LogP contribution in [0.5, 0.6) is 5.75 Å². The van der Waals surface area contributed by atoms with Gasteiger partial charge < -0.3 is 9.72 Å². The first-order chi connectivity index (χ1) is 8.58. The largest absolute Gasteiger partial charge is 0.429 e. The standard InChI is InChI=1S/C11H8F2N2O2S/c12-11(13)17-8-2-1-5-15(10(8)16)7-3-4-9(18)14-6-7/h1-6,11H,(H,14,18). The zero-order valence-electron chi connectivity index (χ0n) is 8.97. The summed E-state index contributed by atoms with van der Waals surface area (Å²) in [7, 11) is 0. The average molecular weight is 270 g/mol. The number of nitrogens with one attached hydrogen (secondary N) is 1. The van der Waals surface area contributed by atoms with E-state index < -0.39 is 17.9 Å². The first-order valence-corrected chi connectivity index (χ1v) is 5.34. The van der Waals surface area contributed by atoms with E-state index in [1.807, 2.05) is 0 Å². The Morgan fingerprint density at radius 3 is 2.72 bits per heavy atom. The molecular formula is C11H8F2N2O2S. The van der Waals surface area contributed by atoms with Crippen molar-refractivity contribution in [1.82, 2.24) is 9.55 Å². The van der Waals surface area contributed by atoms with Crippen LogP contribution in [0.3, 0.4) is 0 Å². The number of hydrogen-bond donors (Lipinski definition) is 1. The molecule has 1 N–H and O–H groups in total. The van der Waals surface area contributed by atoms with Crippen LogP contribution in [0.1, 0.15) is 0 Å². The third-order valence-corrected chi connectivity index (χ3v) is 2.43. The van der Waals surface area contributed by atoms with Gasteiger partial charge in [0.05, 0.1) is 5.69 Å². The molecule has 0 bridgehead atoms. The molecular weight excluding hydrogens is 262 g/mol. The van der Waals surface area contributed by atoms with Gasteiger partial charge in [0.25, 0.3) is 5.56 Å². The van der Waals surface area contributed by atoms with Crippen molar-refractivity contribution in [2.45, 2.75) is 6.61 Å². The Balaban J connectivity index is 2.49. The van der Waals surface area contributed by atoms with E-state index in [0.717, 1.165) is 0 Å². The van der Waals surface area contributed by atoms with Crippen LogP contribution in [0, 0.1) is 4.64 Å². The summed E-state index contributed by atoms with van der Waals surface area (Å²) in [6, 6.07) is 5.83. The molecule has 0 spiro atoms. The van der Waals surface area contributed by atoms with Crippen molar-refractivity contribution in [3.63, 3.8) is 0 Å². The maximum absolute atomic E-state index is 12.1. The van der Waals surface area contributed by atoms with Gasteiger partial charge in [-0.2, -0.15) is 8.78 Å². The minimum Gasteiger partial charge on any atom is -0.429 e. The highest BCUT2D eigenvalue weighted by Gasteiger charge is 2.10. The highest BCUT2D eigenvalue weighted by molar-refractivity contribution is 7.71. The Bertz CT molecular complexity index is 646. The molecule has 0 saturated heterocycles. The van der Waals surface area contributed by atoms with Gasteiger partial charge in [-0.25, -0.2) is 0 Å². The first kappa shape index (κ1) is 12.4. The molecule has 0 atom stereocenters. The van der Waals surface area contributed by atoms with Gasteiger partial charge in [0.15, 0.2) is 5.75 Å². The molecule has 18 heavy (non-hydrogen) atoms. The summed E-state index contributed by atoms with van der Waals surface area (Å²) in [5, 5.41) is 0. The monoisotopic (exact) mass is 270 g/mol. The Labute approximate surface area is 105 Å². The number of H-pyrrole nitrogens is 1. The fourth-order valence-corrected chi connectivity index (χ4v) is 1.54. The Kier molecular flexibility index (Phi) is 3.52. The van der Waals surface area contributed by atoms with Gasteiger partial charge in [0.2, 0.25) is 0 Å². The van der Waals surface area contributed by atoms with Gasteiger partial charge >= 0.3 is 6.61 Å². The normalized spacial score (nSPS) is 10.6. The predicted molar refractivity (Wildman–Crippen MR) is 63.9 cm³/mol. The number of nitrogens with zero attached hydrogens (tertiary/aromatic N) is 1. The van der Waals surface area contributed by atoms with Gasteiger partial charge in [0, 0.05) is 12.4 Å². The molecule has 0 aliphatic carbocycles. The molecule has 94 valence electrons. The van der Waals surface area contributed by atoms with Crippen molar-refractivity contribution < 1.29 is 13.5 Å². The van der Waals surface area contributed by atoms with Crippen molar-refractivity contribution in [2.75, 3.05) is 0 Å². The minimum absolute atomic E-state index is 0.407. The number of pyridine rings is 2. The van der Waals surface area contributed by atoms with Gasteiger partial charge in [-0.1, -0.05) is 12.2 Å². The SMILES string of the molecule is O=c1c(OC(F)F)cccn1-c1ccc(=S)[nH]c1. The van der Waals surface area contributed by atoms with Crippen LogP contribution in [-0.4, -0.2) is 16.2 Å². The Morgan fingerprint density at radius 1 is 1.33 bits per heavy atom. The number of halogens is 2. The lowest BCUT2D eigenvalue weighted by molar-refractivity contribution is -0.0509. The van der Waals surface area contributed by atoms with E-state index >= 15 is 0 Å². The van der Waals surface area contributed by atoms with Gasteiger partial charge in [-0.15, -0.1) is 0 Å². The molecule has 2 heterocycles. The zero-order chi connectivity index (χ0) is 13.1. The highest BCUT2D eigenvalue weighted by atomic mass is 32.1. The second-order valence-corrected chi connectivity index (χ2v) is 3.78. The molecule has 0 amide bonds. The topological polar surface area (TPSA) is 47.0 Å². The maximum atomic E-state index is 12.1. The molecule has 0 aliphatic rings. The summed E-state index contributed by atoms with van der Waals surface area (Å²) in [6.07, 6.45) is 2.96. The van der Waals surface area contributed by atoms with E-state index in [4.69, 9.17) is 12.2 Å². The van der Waals surface area contributed by atoms with E-state index in [-0.39, 0.29) is 0 Å². The van der Waals surface area contributed by atoms with Crippen molar-refractivity contribution in [1.29, 1.82) is 0 Å². The number of ether oxygens (including phenoxy) is 1. The molecule has 2 rings (SSSR count). The van der Waals surface area contributed by atoms with Crippen LogP contribution in [0.15, 0.2) is 41.5 Å². The van der Waals surface area contributed by atoms with Gasteiger partial charge in [0.1, 0.15) is 4.64 Å². The molecule has 0 fully saturated rings. The summed E-state index contributed by atoms with van der Waals surface area (Å²) in [5.74, 6) is -0.407. The van der Waals surface area contributed by atoms with Gasteiger partial charge in [-0.05, 0) is 24.3 Å². The average Bonchev–Trinajstić information content (AvgIpc) is 2.33. The second kappa shape index (κ2) is 5.09. The Morgan fingerprint density at radius 2 is 2.11 bits per heavy atom. The molecule has 0 aromatic carbocycles. The van der Waals surface area contributed by atoms with Crippen molar-refractivity contribution >= 4 is 12.2 Å². The molecule has 0 aliphatic heterocycles. The van der Waals surface area contributed by atoms with E-state index in [1.54, 1.807) is 12.1 Å². The summed E-state index contributed by atoms with van der Waals surface area (Å²) in [6.45, 7) is -3.03. The number of hydrogen-bond acceptors (Lipinski definition) is 3. The first-order valence-electron chi connectivity index (χ1n) is 4.93. The van der Waals surface area contributed by atoms with E-state index in [2.05, 4.69) is 9.72 Å². The molecule has 0 unspecified atom stereocenters. The van der Waals surface area contributed by atoms with Gasteiger partial charge in [-0.3, -0.25) is 9.36 Å². The third kappa shape index (κ3) is 2.62. The lowest BCUT2D eigenvalue weighted by Crippen LogP contribution is -2.21. The lowest BCUT2D eigenvalue weighted by Gasteiger charge is -2.08. The van der Waals surface area contributed by atoms with Crippen molar-refractivity contribution in [2.24, 2.45) is 0 Å². The molecule has 2 aromatic rings. The van der Waals surface area contributed by atoms with Crippen molar-refractivity contribution in [3.05, 3.63) is 51.7 Å². The maximum Gasteiger partial charge on any atom is 0.387 e. The van der Waals surface area contributed by atoms with Crippen LogP contribution in [0.4, 0.5) is 8.78 Å². The second-order valence-electron chi connectivity index (χ2n) is 3.34. The number of aromatic amines is 1. The molecule has 0 radical (unpaired) electrons. The molecule has 2 aromatic heterocycles. The number of rotatable bonds is 3. The number of aromatic nitrogens is 2. The summed E-state index contributed by atoms with van der Waals surface area (Å²) >= 11 is 4.87. The molecule has 0 saturated carbocycles. The zero-order valence-corrected chi connectivity index (χ0v) is 9.79. The van der Waals surface area contributed by atoms with Crippen LogP contribution >= 0.6 is 12.2 Å². The minimum atomic E-state index is -3.03. The van der Waals surface area contributed by atoms with Crippen LogP contribution < -0.4 is 10.3 Å². The fraction of sp³-hybridized carbons (Fsp3) is 0.0909. The highest BCUT2D eigenvalue weighted by Crippen LogP contribution is 2.10. The fourth-order valence-electron chi connectivity index (χ4n) is 1.42. The van der Waals surface area contributed by atoms with Crippen LogP contribution in [-0.2, 0) is 0 Å². The van der Waals surface area contributed by atoms with Crippen molar-refractivity contribution in [3.8, 4) is 11.4 Å². The van der Waals surface area contributed by atoms with Crippen LogP contribution in [0.25, 0.3) is 5.69 Å². The molecule has 7 heteroatoms. The Hall–Kier alpha value is -2.02. The quantitative estimate of drug-likeness (QED) is 0.872. The number of alkyl halides is 2. The van der Waals surface area contributed by atoms with Crippen LogP contribution in [0.2, 0.25) is 0 Å². The predicted octanol–water partition coefficient (Wildman–Crippen LogP) is 2.50. The molecule has 4 nitrogen and oxygen atoms in total. The van der Waals surface area contributed by atoms with E-state index in [1.165, 1.54) is 29.1 Å². The smallest absolute Gasteiger partial charge is 0.387 e. The summed E-state index contributed by atoms with van der Waals surface area (Å²) < 4.78 is 30.0.